The molecule has 142 valence electrons. The molecule has 0 spiro atoms. The molecule has 3 rings (SSSR count). The maximum absolute atomic E-state index is 12.5. The molecule has 0 saturated heterocycles. The number of ether oxygens (including phenoxy) is 3. The number of fused-ring (bicyclic) bond motifs is 3. The first-order chi connectivity index (χ1) is 12.8. The van der Waals surface area contributed by atoms with E-state index in [4.69, 9.17) is 14.2 Å². The summed E-state index contributed by atoms with van der Waals surface area (Å²) in [5, 5.41) is 2.79. The van der Waals surface area contributed by atoms with Crippen LogP contribution >= 0.6 is 0 Å². The number of hydrogen-bond donors (Lipinski definition) is 1. The number of carbonyl (C=O) groups is 4. The maximum Gasteiger partial charge on any atom is 0.303 e. The second kappa shape index (κ2) is 7.22. The Bertz CT molecular complexity index is 844. The first-order valence-corrected chi connectivity index (χ1v) is 8.41. The normalized spacial score (nSPS) is 25.9. The standard InChI is InChI=1S/C19H19NO7/c1-9(21)25-15-8-14-12-6-4-5-7-13(12)19(24)20-16(14)18(27-11(3)23)17(15)26-10(2)22/h4-8,15-18H,1-3H3,(H,20,24). The molecule has 8 heteroatoms. The third kappa shape index (κ3) is 3.69. The molecule has 0 aromatic heterocycles. The molecule has 1 N–H and O–H groups in total. The van der Waals surface area contributed by atoms with Crippen LogP contribution in [0.2, 0.25) is 0 Å². The molecule has 1 heterocycles. The summed E-state index contributed by atoms with van der Waals surface area (Å²) in [5.74, 6) is -2.17. The Balaban J connectivity index is 2.14. The zero-order chi connectivity index (χ0) is 19.7. The third-order valence-electron chi connectivity index (χ3n) is 4.33. The van der Waals surface area contributed by atoms with E-state index in [-0.39, 0.29) is 5.91 Å². The molecule has 0 saturated carbocycles. The van der Waals surface area contributed by atoms with E-state index in [1.807, 2.05) is 0 Å². The molecule has 0 bridgehead atoms. The van der Waals surface area contributed by atoms with Gasteiger partial charge < -0.3 is 19.5 Å². The summed E-state index contributed by atoms with van der Waals surface area (Å²) in [4.78, 5) is 47.3. The molecule has 1 aliphatic heterocycles. The van der Waals surface area contributed by atoms with E-state index in [1.165, 1.54) is 20.8 Å². The molecule has 4 atom stereocenters. The van der Waals surface area contributed by atoms with Gasteiger partial charge in [0.15, 0.2) is 18.3 Å². The van der Waals surface area contributed by atoms with Crippen molar-refractivity contribution in [3.63, 3.8) is 0 Å². The van der Waals surface area contributed by atoms with Gasteiger partial charge in [0.1, 0.15) is 0 Å². The maximum atomic E-state index is 12.5. The second-order valence-corrected chi connectivity index (χ2v) is 6.34. The Hall–Kier alpha value is -3.16. The van der Waals surface area contributed by atoms with Gasteiger partial charge in [-0.3, -0.25) is 19.2 Å². The number of carbonyl (C=O) groups excluding carboxylic acids is 4. The number of amides is 1. The van der Waals surface area contributed by atoms with Crippen LogP contribution in [-0.4, -0.2) is 48.2 Å². The smallest absolute Gasteiger partial charge is 0.303 e. The van der Waals surface area contributed by atoms with Crippen LogP contribution in [-0.2, 0) is 28.6 Å². The summed E-state index contributed by atoms with van der Waals surface area (Å²) >= 11 is 0. The van der Waals surface area contributed by atoms with Gasteiger partial charge in [-0.25, -0.2) is 0 Å². The fourth-order valence-electron chi connectivity index (χ4n) is 3.44. The van der Waals surface area contributed by atoms with E-state index >= 15 is 0 Å². The lowest BCUT2D eigenvalue weighted by molar-refractivity contribution is -0.181. The highest BCUT2D eigenvalue weighted by molar-refractivity contribution is 6.04. The monoisotopic (exact) mass is 373 g/mol. The molecule has 1 aromatic carbocycles. The van der Waals surface area contributed by atoms with E-state index in [0.29, 0.717) is 16.7 Å². The van der Waals surface area contributed by atoms with Crippen molar-refractivity contribution in [3.05, 3.63) is 41.5 Å². The van der Waals surface area contributed by atoms with Crippen LogP contribution in [0.15, 0.2) is 30.3 Å². The van der Waals surface area contributed by atoms with Crippen LogP contribution in [0.3, 0.4) is 0 Å². The molecule has 0 radical (unpaired) electrons. The average Bonchev–Trinajstić information content (AvgIpc) is 2.58. The number of nitrogens with one attached hydrogen (secondary N) is 1. The van der Waals surface area contributed by atoms with Gasteiger partial charge in [0.2, 0.25) is 0 Å². The van der Waals surface area contributed by atoms with Crippen LogP contribution in [0.4, 0.5) is 0 Å². The number of benzene rings is 1. The van der Waals surface area contributed by atoms with Crippen molar-refractivity contribution < 1.29 is 33.4 Å². The van der Waals surface area contributed by atoms with Gasteiger partial charge in [-0.05, 0) is 23.3 Å². The Morgan fingerprint density at radius 3 is 2.00 bits per heavy atom. The minimum Gasteiger partial charge on any atom is -0.456 e. The first kappa shape index (κ1) is 18.6. The second-order valence-electron chi connectivity index (χ2n) is 6.34. The predicted molar refractivity (Wildman–Crippen MR) is 92.3 cm³/mol. The van der Waals surface area contributed by atoms with E-state index < -0.39 is 42.3 Å². The highest BCUT2D eigenvalue weighted by Crippen LogP contribution is 2.37. The van der Waals surface area contributed by atoms with Crippen molar-refractivity contribution in [1.82, 2.24) is 5.32 Å². The van der Waals surface area contributed by atoms with Gasteiger partial charge in [0.05, 0.1) is 6.04 Å². The van der Waals surface area contributed by atoms with Crippen LogP contribution in [0, 0.1) is 0 Å². The van der Waals surface area contributed by atoms with Crippen molar-refractivity contribution >= 4 is 29.4 Å². The van der Waals surface area contributed by atoms with Gasteiger partial charge in [0.25, 0.3) is 5.91 Å². The summed E-state index contributed by atoms with van der Waals surface area (Å²) in [5.41, 5.74) is 1.72. The largest absolute Gasteiger partial charge is 0.456 e. The zero-order valence-electron chi connectivity index (χ0n) is 15.1. The highest BCUT2D eigenvalue weighted by atomic mass is 16.6. The minimum absolute atomic E-state index is 0.336. The average molecular weight is 373 g/mol. The van der Waals surface area contributed by atoms with Crippen molar-refractivity contribution in [2.24, 2.45) is 0 Å². The van der Waals surface area contributed by atoms with Gasteiger partial charge in [-0.2, -0.15) is 0 Å². The van der Waals surface area contributed by atoms with Gasteiger partial charge >= 0.3 is 17.9 Å². The highest BCUT2D eigenvalue weighted by Gasteiger charge is 2.49. The molecule has 2 aliphatic rings. The number of hydrogen-bond acceptors (Lipinski definition) is 7. The Morgan fingerprint density at radius 1 is 0.852 bits per heavy atom. The van der Waals surface area contributed by atoms with Gasteiger partial charge in [0, 0.05) is 26.3 Å². The molecule has 1 aromatic rings. The Morgan fingerprint density at radius 2 is 1.41 bits per heavy atom. The summed E-state index contributed by atoms with van der Waals surface area (Å²) in [6.45, 7) is 3.64. The molecular weight excluding hydrogens is 354 g/mol. The lowest BCUT2D eigenvalue weighted by Gasteiger charge is -2.42. The molecular formula is C19H19NO7. The first-order valence-electron chi connectivity index (χ1n) is 8.41. The lowest BCUT2D eigenvalue weighted by atomic mass is 9.79. The topological polar surface area (TPSA) is 108 Å². The SMILES string of the molecule is CC(=O)OC1C=C2c3ccccc3C(=O)NC2C(OC(C)=O)C1OC(C)=O. The fourth-order valence-corrected chi connectivity index (χ4v) is 3.44. The molecule has 8 nitrogen and oxygen atoms in total. The predicted octanol–water partition coefficient (Wildman–Crippen LogP) is 0.991. The summed E-state index contributed by atoms with van der Waals surface area (Å²) < 4.78 is 16.0. The zero-order valence-corrected chi connectivity index (χ0v) is 15.1. The summed E-state index contributed by atoms with van der Waals surface area (Å²) in [7, 11) is 0. The minimum atomic E-state index is -1.09. The fraction of sp³-hybridized carbons (Fsp3) is 0.368. The number of esters is 3. The third-order valence-corrected chi connectivity index (χ3v) is 4.33. The molecule has 4 unspecified atom stereocenters. The van der Waals surface area contributed by atoms with E-state index in [0.717, 1.165) is 0 Å². The lowest BCUT2D eigenvalue weighted by Crippen LogP contribution is -2.60. The van der Waals surface area contributed by atoms with Crippen LogP contribution in [0.25, 0.3) is 5.57 Å². The molecule has 0 fully saturated rings. The van der Waals surface area contributed by atoms with Crippen LogP contribution < -0.4 is 5.32 Å². The molecule has 27 heavy (non-hydrogen) atoms. The summed E-state index contributed by atoms with van der Waals surface area (Å²) in [6.07, 6.45) is -1.48. The van der Waals surface area contributed by atoms with Crippen LogP contribution in [0.1, 0.15) is 36.7 Å². The van der Waals surface area contributed by atoms with Gasteiger partial charge in [-0.15, -0.1) is 0 Å². The molecule has 1 amide bonds. The van der Waals surface area contributed by atoms with Crippen molar-refractivity contribution in [2.45, 2.75) is 45.1 Å². The molecule has 1 aliphatic carbocycles. The van der Waals surface area contributed by atoms with E-state index in [9.17, 15) is 19.2 Å². The summed E-state index contributed by atoms with van der Waals surface area (Å²) in [6, 6.07) is 6.19. The number of rotatable bonds is 3. The van der Waals surface area contributed by atoms with Crippen molar-refractivity contribution in [1.29, 1.82) is 0 Å². The Labute approximate surface area is 155 Å². The Kier molecular flexibility index (Phi) is 4.98. The van der Waals surface area contributed by atoms with Crippen molar-refractivity contribution in [2.75, 3.05) is 0 Å². The van der Waals surface area contributed by atoms with E-state index in [2.05, 4.69) is 5.32 Å². The van der Waals surface area contributed by atoms with E-state index in [1.54, 1.807) is 30.3 Å². The van der Waals surface area contributed by atoms with Crippen LogP contribution in [0.5, 0.6) is 0 Å². The van der Waals surface area contributed by atoms with Crippen molar-refractivity contribution in [3.8, 4) is 0 Å². The van der Waals surface area contributed by atoms with Gasteiger partial charge in [-0.1, -0.05) is 18.2 Å². The quantitative estimate of drug-likeness (QED) is 0.622.